The minimum absolute atomic E-state index is 0.130. The van der Waals surface area contributed by atoms with E-state index in [-0.39, 0.29) is 12.2 Å². The second kappa shape index (κ2) is 3.80. The molecular formula is C7H8ClFN2O. The first-order chi connectivity index (χ1) is 5.65. The summed E-state index contributed by atoms with van der Waals surface area (Å²) in [6.07, 6.45) is 1.19. The molecule has 3 N–H and O–H groups in total. The summed E-state index contributed by atoms with van der Waals surface area (Å²) in [5.41, 5.74) is 5.50. The number of pyridine rings is 1. The van der Waals surface area contributed by atoms with Gasteiger partial charge in [-0.2, -0.15) is 4.39 Å². The van der Waals surface area contributed by atoms with E-state index >= 15 is 0 Å². The zero-order valence-electron chi connectivity index (χ0n) is 6.17. The topological polar surface area (TPSA) is 59.1 Å². The molecule has 0 radical (unpaired) electrons. The molecule has 0 unspecified atom stereocenters. The second-order valence-corrected chi connectivity index (χ2v) is 2.76. The first-order valence-electron chi connectivity index (χ1n) is 3.32. The fourth-order valence-electron chi connectivity index (χ4n) is 0.797. The van der Waals surface area contributed by atoms with Gasteiger partial charge in [-0.25, -0.2) is 4.98 Å². The predicted octanol–water partition coefficient (Wildman–Crippen LogP) is 0.866. The highest BCUT2D eigenvalue weighted by molar-refractivity contribution is 6.30. The van der Waals surface area contributed by atoms with Crippen molar-refractivity contribution in [3.63, 3.8) is 0 Å². The molecule has 1 rings (SSSR count). The third-order valence-electron chi connectivity index (χ3n) is 1.43. The second-order valence-electron chi connectivity index (χ2n) is 2.32. The molecule has 0 bridgehead atoms. The lowest BCUT2D eigenvalue weighted by Crippen LogP contribution is -2.16. The third-order valence-corrected chi connectivity index (χ3v) is 1.64. The van der Waals surface area contributed by atoms with E-state index in [1.54, 1.807) is 0 Å². The molecule has 0 fully saturated rings. The van der Waals surface area contributed by atoms with Crippen molar-refractivity contribution in [1.29, 1.82) is 0 Å². The molecule has 0 aliphatic carbocycles. The van der Waals surface area contributed by atoms with E-state index in [4.69, 9.17) is 22.4 Å². The van der Waals surface area contributed by atoms with Crippen LogP contribution >= 0.6 is 11.6 Å². The molecule has 5 heteroatoms. The average Bonchev–Trinajstić information content (AvgIpc) is 2.08. The lowest BCUT2D eigenvalue weighted by Gasteiger charge is -2.08. The van der Waals surface area contributed by atoms with Crippen LogP contribution in [-0.4, -0.2) is 16.7 Å². The summed E-state index contributed by atoms with van der Waals surface area (Å²) in [4.78, 5) is 3.36. The number of aromatic nitrogens is 1. The van der Waals surface area contributed by atoms with Gasteiger partial charge in [0.05, 0.1) is 17.7 Å². The van der Waals surface area contributed by atoms with Crippen LogP contribution in [0, 0.1) is 5.95 Å². The quantitative estimate of drug-likeness (QED) is 0.681. The first kappa shape index (κ1) is 9.38. The van der Waals surface area contributed by atoms with Crippen LogP contribution < -0.4 is 5.73 Å². The Morgan fingerprint density at radius 2 is 2.42 bits per heavy atom. The monoisotopic (exact) mass is 190 g/mol. The number of hydrogen-bond acceptors (Lipinski definition) is 3. The molecule has 1 aromatic rings. The Bertz CT molecular complexity index is 282. The molecule has 0 amide bonds. The summed E-state index contributed by atoms with van der Waals surface area (Å²) in [6, 6.07) is 0.585. The molecule has 12 heavy (non-hydrogen) atoms. The van der Waals surface area contributed by atoms with E-state index in [0.29, 0.717) is 5.02 Å². The Morgan fingerprint density at radius 1 is 1.75 bits per heavy atom. The lowest BCUT2D eigenvalue weighted by molar-refractivity contribution is 0.264. The van der Waals surface area contributed by atoms with Gasteiger partial charge in [0.15, 0.2) is 0 Å². The molecule has 3 nitrogen and oxygen atoms in total. The van der Waals surface area contributed by atoms with Crippen molar-refractivity contribution in [2.24, 2.45) is 5.73 Å². The highest BCUT2D eigenvalue weighted by Gasteiger charge is 2.11. The van der Waals surface area contributed by atoms with Crippen LogP contribution in [0.5, 0.6) is 0 Å². The number of aliphatic hydroxyl groups excluding tert-OH is 1. The molecule has 0 spiro atoms. The standard InChI is InChI=1S/C7H8ClFN2O/c8-4-1-5(6(10)3-12)7(9)11-2-4/h1-2,6,12H,3,10H2/t6-/m1/s1. The smallest absolute Gasteiger partial charge is 0.217 e. The molecule has 0 saturated heterocycles. The molecule has 1 atom stereocenters. The summed E-state index contributed by atoms with van der Waals surface area (Å²) in [5, 5.41) is 8.94. The zero-order valence-corrected chi connectivity index (χ0v) is 6.92. The fraction of sp³-hybridized carbons (Fsp3) is 0.286. The number of nitrogens with zero attached hydrogens (tertiary/aromatic N) is 1. The van der Waals surface area contributed by atoms with Gasteiger partial charge in [0, 0.05) is 11.8 Å². The normalized spacial score (nSPS) is 13.0. The van der Waals surface area contributed by atoms with Crippen molar-refractivity contribution < 1.29 is 9.50 Å². The van der Waals surface area contributed by atoms with E-state index in [1.165, 1.54) is 12.3 Å². The predicted molar refractivity (Wildman–Crippen MR) is 43.2 cm³/mol. The minimum Gasteiger partial charge on any atom is -0.394 e. The number of nitrogens with two attached hydrogens (primary N) is 1. The molecule has 1 aromatic heterocycles. The van der Waals surface area contributed by atoms with Gasteiger partial charge < -0.3 is 10.8 Å². The highest BCUT2D eigenvalue weighted by Crippen LogP contribution is 2.17. The average molecular weight is 191 g/mol. The number of rotatable bonds is 2. The van der Waals surface area contributed by atoms with Gasteiger partial charge in [0.1, 0.15) is 0 Å². The van der Waals surface area contributed by atoms with Crippen molar-refractivity contribution in [2.75, 3.05) is 6.61 Å². The molecule has 0 aromatic carbocycles. The van der Waals surface area contributed by atoms with Gasteiger partial charge in [0.25, 0.3) is 0 Å². The lowest BCUT2D eigenvalue weighted by atomic mass is 10.1. The van der Waals surface area contributed by atoms with Crippen LogP contribution in [0.15, 0.2) is 12.3 Å². The minimum atomic E-state index is -0.767. The largest absolute Gasteiger partial charge is 0.394 e. The van der Waals surface area contributed by atoms with Crippen molar-refractivity contribution >= 4 is 11.6 Å². The maximum Gasteiger partial charge on any atom is 0.217 e. The van der Waals surface area contributed by atoms with Gasteiger partial charge in [-0.1, -0.05) is 11.6 Å². The fourth-order valence-corrected chi connectivity index (χ4v) is 0.963. The zero-order chi connectivity index (χ0) is 9.14. The summed E-state index contributed by atoms with van der Waals surface area (Å²) in [7, 11) is 0. The van der Waals surface area contributed by atoms with Crippen molar-refractivity contribution in [1.82, 2.24) is 4.98 Å². The Balaban J connectivity index is 3.04. The summed E-state index contributed by atoms with van der Waals surface area (Å²) in [6.45, 7) is -0.334. The van der Waals surface area contributed by atoms with Gasteiger partial charge >= 0.3 is 0 Å². The van der Waals surface area contributed by atoms with Crippen molar-refractivity contribution in [3.8, 4) is 0 Å². The Morgan fingerprint density at radius 3 is 3.00 bits per heavy atom. The molecular weight excluding hydrogens is 183 g/mol. The van der Waals surface area contributed by atoms with Crippen molar-refractivity contribution in [3.05, 3.63) is 28.8 Å². The van der Waals surface area contributed by atoms with Crippen molar-refractivity contribution in [2.45, 2.75) is 6.04 Å². The van der Waals surface area contributed by atoms with Gasteiger partial charge in [-0.3, -0.25) is 0 Å². The molecule has 0 aliphatic heterocycles. The van der Waals surface area contributed by atoms with Gasteiger partial charge in [-0.05, 0) is 6.07 Å². The van der Waals surface area contributed by atoms with Gasteiger partial charge in [-0.15, -0.1) is 0 Å². The maximum absolute atomic E-state index is 12.8. The first-order valence-corrected chi connectivity index (χ1v) is 3.70. The van der Waals surface area contributed by atoms with E-state index < -0.39 is 12.0 Å². The molecule has 1 heterocycles. The SMILES string of the molecule is N[C@H](CO)c1cc(Cl)cnc1F. The highest BCUT2D eigenvalue weighted by atomic mass is 35.5. The van der Waals surface area contributed by atoms with E-state index in [1.807, 2.05) is 0 Å². The third kappa shape index (κ3) is 1.91. The number of hydrogen-bond donors (Lipinski definition) is 2. The molecule has 0 aliphatic rings. The van der Waals surface area contributed by atoms with Crippen LogP contribution in [0.4, 0.5) is 4.39 Å². The maximum atomic E-state index is 12.8. The Kier molecular flexibility index (Phi) is 2.97. The summed E-state index contributed by atoms with van der Waals surface area (Å²) in [5.74, 6) is -0.694. The van der Waals surface area contributed by atoms with Crippen LogP contribution in [0.3, 0.4) is 0 Å². The van der Waals surface area contributed by atoms with Crippen LogP contribution in [0.1, 0.15) is 11.6 Å². The van der Waals surface area contributed by atoms with Crippen LogP contribution in [-0.2, 0) is 0 Å². The molecule has 66 valence electrons. The Hall–Kier alpha value is -0.710. The Labute approximate surface area is 74.0 Å². The van der Waals surface area contributed by atoms with E-state index in [9.17, 15) is 4.39 Å². The van der Waals surface area contributed by atoms with E-state index in [0.717, 1.165) is 0 Å². The van der Waals surface area contributed by atoms with E-state index in [2.05, 4.69) is 4.98 Å². The number of halogens is 2. The molecule has 0 saturated carbocycles. The van der Waals surface area contributed by atoms with Gasteiger partial charge in [0.2, 0.25) is 5.95 Å². The summed E-state index contributed by atoms with van der Waals surface area (Å²) < 4.78 is 12.8. The number of aliphatic hydroxyl groups is 1. The van der Waals surface area contributed by atoms with Crippen LogP contribution in [0.2, 0.25) is 5.02 Å². The summed E-state index contributed by atoms with van der Waals surface area (Å²) >= 11 is 5.55. The van der Waals surface area contributed by atoms with Crippen LogP contribution in [0.25, 0.3) is 0 Å².